The average Bonchev–Trinajstić information content (AvgIpc) is 3.31. The first-order valence-corrected chi connectivity index (χ1v) is 11.6. The van der Waals surface area contributed by atoms with Gasteiger partial charge in [-0.1, -0.05) is 36.4 Å². The lowest BCUT2D eigenvalue weighted by atomic mass is 9.82. The second kappa shape index (κ2) is 9.54. The molecule has 170 valence electrons. The number of aromatic nitrogens is 5. The van der Waals surface area contributed by atoms with E-state index in [1.165, 1.54) is 11.1 Å². The molecule has 1 aliphatic carbocycles. The van der Waals surface area contributed by atoms with E-state index in [2.05, 4.69) is 55.0 Å². The molecule has 0 amide bonds. The summed E-state index contributed by atoms with van der Waals surface area (Å²) in [4.78, 5) is 18.4. The quantitative estimate of drug-likeness (QED) is 0.347. The van der Waals surface area contributed by atoms with Crippen molar-refractivity contribution >= 4 is 17.0 Å². The summed E-state index contributed by atoms with van der Waals surface area (Å²) in [5.74, 6) is 1.13. The van der Waals surface area contributed by atoms with E-state index in [9.17, 15) is 4.79 Å². The monoisotopic (exact) mass is 443 g/mol. The van der Waals surface area contributed by atoms with Crippen LogP contribution in [0.3, 0.4) is 0 Å². The molecule has 5 N–H and O–H groups in total. The Hall–Kier alpha value is -3.52. The summed E-state index contributed by atoms with van der Waals surface area (Å²) < 4.78 is 0. The number of nitrogens with two attached hydrogens (primary N) is 1. The van der Waals surface area contributed by atoms with Gasteiger partial charge in [0, 0.05) is 24.2 Å². The van der Waals surface area contributed by atoms with Gasteiger partial charge in [0.25, 0.3) is 0 Å². The van der Waals surface area contributed by atoms with Gasteiger partial charge < -0.3 is 16.0 Å². The lowest BCUT2D eigenvalue weighted by molar-refractivity contribution is 0.340. The predicted octanol–water partition coefficient (Wildman–Crippen LogP) is 3.46. The predicted molar refractivity (Wildman–Crippen MR) is 129 cm³/mol. The van der Waals surface area contributed by atoms with Gasteiger partial charge in [-0.05, 0) is 67.3 Å². The van der Waals surface area contributed by atoms with Crippen LogP contribution in [-0.2, 0) is 0 Å². The van der Waals surface area contributed by atoms with Crippen molar-refractivity contribution in [3.8, 4) is 0 Å². The Balaban J connectivity index is 1.25. The minimum atomic E-state index is -0.0408. The molecule has 0 saturated heterocycles. The molecule has 1 fully saturated rings. The van der Waals surface area contributed by atoms with E-state index < -0.39 is 0 Å². The van der Waals surface area contributed by atoms with Gasteiger partial charge >= 0.3 is 0 Å². The summed E-state index contributed by atoms with van der Waals surface area (Å²) in [6.07, 6.45) is 7.33. The fourth-order valence-electron chi connectivity index (χ4n) is 5.07. The molecule has 33 heavy (non-hydrogen) atoms. The molecule has 3 aromatic heterocycles. The fourth-order valence-corrected chi connectivity index (χ4v) is 5.07. The van der Waals surface area contributed by atoms with Gasteiger partial charge in [-0.25, -0.2) is 4.98 Å². The molecule has 0 bridgehead atoms. The Morgan fingerprint density at radius 2 is 1.88 bits per heavy atom. The second-order valence-corrected chi connectivity index (χ2v) is 8.87. The smallest absolute Gasteiger partial charge is 0.247 e. The molecule has 8 nitrogen and oxygen atoms in total. The minimum absolute atomic E-state index is 0.0408. The summed E-state index contributed by atoms with van der Waals surface area (Å²) >= 11 is 0. The molecule has 1 aliphatic rings. The third-order valence-corrected chi connectivity index (χ3v) is 6.79. The molecule has 1 saturated carbocycles. The van der Waals surface area contributed by atoms with Gasteiger partial charge in [-0.2, -0.15) is 10.3 Å². The number of benzene rings is 1. The molecule has 1 atom stereocenters. The number of nitrogens with zero attached hydrogens (tertiary/aromatic N) is 3. The zero-order valence-electron chi connectivity index (χ0n) is 18.5. The highest BCUT2D eigenvalue weighted by atomic mass is 16.1. The first kappa shape index (κ1) is 21.3. The van der Waals surface area contributed by atoms with Crippen molar-refractivity contribution in [1.29, 1.82) is 0 Å². The maximum absolute atomic E-state index is 11.3. The average molecular weight is 444 g/mol. The Morgan fingerprint density at radius 3 is 2.64 bits per heavy atom. The number of hydrogen-bond donors (Lipinski definition) is 4. The van der Waals surface area contributed by atoms with Crippen LogP contribution in [0.15, 0.2) is 59.5 Å². The van der Waals surface area contributed by atoms with Crippen molar-refractivity contribution < 1.29 is 0 Å². The van der Waals surface area contributed by atoms with E-state index in [1.54, 1.807) is 6.07 Å². The fraction of sp³-hybridized carbons (Fsp3) is 0.360. The van der Waals surface area contributed by atoms with Crippen molar-refractivity contribution in [1.82, 2.24) is 30.7 Å². The highest BCUT2D eigenvalue weighted by molar-refractivity contribution is 5.77. The Kier molecular flexibility index (Phi) is 6.17. The number of aromatic amines is 2. The molecule has 1 unspecified atom stereocenters. The molecule has 1 aromatic carbocycles. The maximum atomic E-state index is 11.3. The summed E-state index contributed by atoms with van der Waals surface area (Å²) in [6.45, 7) is 0.898. The number of nitrogen functional groups attached to an aromatic ring is 1. The molecule has 0 radical (unpaired) electrons. The van der Waals surface area contributed by atoms with Crippen LogP contribution in [0.25, 0.3) is 11.2 Å². The standard InChI is InChI=1S/C25H29N7O/c26-22-14-21(24-25(29-22)31-32-30-24)20(17-4-2-1-3-5-17)12-13-27-19-9-6-16(7-10-19)18-8-11-23(33)28-15-18/h1-5,8,11,14-16,19-20,27H,6-7,9-10,12-13H2,(H,28,33)(H3,26,29,30,31,32). The van der Waals surface area contributed by atoms with Gasteiger partial charge in [-0.15, -0.1) is 5.10 Å². The van der Waals surface area contributed by atoms with E-state index in [-0.39, 0.29) is 11.5 Å². The van der Waals surface area contributed by atoms with Crippen LogP contribution < -0.4 is 16.6 Å². The highest BCUT2D eigenvalue weighted by Crippen LogP contribution is 2.34. The minimum Gasteiger partial charge on any atom is -0.384 e. The van der Waals surface area contributed by atoms with Crippen molar-refractivity contribution in [3.05, 3.63) is 81.8 Å². The number of pyridine rings is 2. The summed E-state index contributed by atoms with van der Waals surface area (Å²) in [6, 6.07) is 16.5. The van der Waals surface area contributed by atoms with Crippen LogP contribution in [0, 0.1) is 0 Å². The SMILES string of the molecule is Nc1cc(C(CCNC2CCC(c3ccc(=O)[nH]c3)CC2)c2ccccc2)c2n[nH]nc2n1. The van der Waals surface area contributed by atoms with E-state index in [0.29, 0.717) is 23.4 Å². The van der Waals surface area contributed by atoms with E-state index in [1.807, 2.05) is 24.4 Å². The normalized spacial score (nSPS) is 19.5. The van der Waals surface area contributed by atoms with Gasteiger partial charge in [0.1, 0.15) is 11.3 Å². The van der Waals surface area contributed by atoms with Crippen molar-refractivity contribution in [3.63, 3.8) is 0 Å². The zero-order valence-corrected chi connectivity index (χ0v) is 18.5. The zero-order chi connectivity index (χ0) is 22.6. The lowest BCUT2D eigenvalue weighted by Crippen LogP contribution is -2.34. The number of rotatable bonds is 7. The summed E-state index contributed by atoms with van der Waals surface area (Å²) in [5.41, 5.74) is 10.9. The molecule has 4 aromatic rings. The van der Waals surface area contributed by atoms with Gasteiger partial charge in [-0.3, -0.25) is 4.79 Å². The van der Waals surface area contributed by atoms with Crippen LogP contribution in [0.4, 0.5) is 5.82 Å². The number of nitrogens with one attached hydrogen (secondary N) is 3. The Bertz CT molecular complexity index is 1240. The van der Waals surface area contributed by atoms with Crippen LogP contribution in [0.1, 0.15) is 60.6 Å². The van der Waals surface area contributed by atoms with Crippen molar-refractivity contribution in [2.45, 2.75) is 50.0 Å². The number of fused-ring (bicyclic) bond motifs is 1. The van der Waals surface area contributed by atoms with E-state index in [4.69, 9.17) is 5.73 Å². The number of H-pyrrole nitrogens is 2. The first-order chi connectivity index (χ1) is 16.2. The first-order valence-electron chi connectivity index (χ1n) is 11.6. The second-order valence-electron chi connectivity index (χ2n) is 8.87. The highest BCUT2D eigenvalue weighted by Gasteiger charge is 2.24. The summed E-state index contributed by atoms with van der Waals surface area (Å²) in [7, 11) is 0. The molecule has 8 heteroatoms. The van der Waals surface area contributed by atoms with Crippen LogP contribution in [0.5, 0.6) is 0 Å². The Morgan fingerprint density at radius 1 is 1.06 bits per heavy atom. The van der Waals surface area contributed by atoms with Crippen LogP contribution in [-0.4, -0.2) is 38.0 Å². The Labute approximate surface area is 192 Å². The van der Waals surface area contributed by atoms with Crippen molar-refractivity contribution in [2.24, 2.45) is 0 Å². The maximum Gasteiger partial charge on any atom is 0.247 e. The number of anilines is 1. The number of hydrogen-bond acceptors (Lipinski definition) is 6. The van der Waals surface area contributed by atoms with Crippen molar-refractivity contribution in [2.75, 3.05) is 12.3 Å². The molecule has 0 spiro atoms. The van der Waals surface area contributed by atoms with Gasteiger partial charge in [0.15, 0.2) is 0 Å². The van der Waals surface area contributed by atoms with Crippen LogP contribution in [0.2, 0.25) is 0 Å². The van der Waals surface area contributed by atoms with Gasteiger partial charge in [0.05, 0.1) is 0 Å². The third kappa shape index (κ3) is 4.80. The molecule has 5 rings (SSSR count). The molecular weight excluding hydrogens is 414 g/mol. The largest absolute Gasteiger partial charge is 0.384 e. The topological polar surface area (TPSA) is 125 Å². The lowest BCUT2D eigenvalue weighted by Gasteiger charge is -2.30. The molecule has 0 aliphatic heterocycles. The van der Waals surface area contributed by atoms with Crippen LogP contribution >= 0.6 is 0 Å². The molecular formula is C25H29N7O. The summed E-state index contributed by atoms with van der Waals surface area (Å²) in [5, 5.41) is 15.0. The van der Waals surface area contributed by atoms with E-state index >= 15 is 0 Å². The molecule has 3 heterocycles. The van der Waals surface area contributed by atoms with Gasteiger partial charge in [0.2, 0.25) is 11.2 Å². The third-order valence-electron chi connectivity index (χ3n) is 6.79. The van der Waals surface area contributed by atoms with E-state index in [0.717, 1.165) is 49.7 Å².